The summed E-state index contributed by atoms with van der Waals surface area (Å²) < 4.78 is 12.2. The van der Waals surface area contributed by atoms with E-state index < -0.39 is 0 Å². The molecule has 0 bridgehead atoms. The van der Waals surface area contributed by atoms with Crippen molar-refractivity contribution >= 4 is 0 Å². The van der Waals surface area contributed by atoms with E-state index in [9.17, 15) is 5.11 Å². The molecular weight excluding hydrogens is 288 g/mol. The molecular formula is C20H32O3. The van der Waals surface area contributed by atoms with Gasteiger partial charge in [-0.15, -0.1) is 0 Å². The van der Waals surface area contributed by atoms with E-state index >= 15 is 0 Å². The summed E-state index contributed by atoms with van der Waals surface area (Å²) in [6, 6.07) is 0. The van der Waals surface area contributed by atoms with Gasteiger partial charge in [0.1, 0.15) is 0 Å². The molecule has 4 saturated carbocycles. The number of fused-ring (bicyclic) bond motifs is 5. The molecule has 3 nitrogen and oxygen atoms in total. The number of aliphatic hydroxyl groups is 1. The van der Waals surface area contributed by atoms with E-state index in [0.717, 1.165) is 56.1 Å². The number of ether oxygens (including phenoxy) is 2. The molecule has 7 atom stereocenters. The van der Waals surface area contributed by atoms with Crippen molar-refractivity contribution in [1.82, 2.24) is 0 Å². The van der Waals surface area contributed by atoms with Crippen LogP contribution in [0.25, 0.3) is 0 Å². The van der Waals surface area contributed by atoms with Gasteiger partial charge >= 0.3 is 0 Å². The molecule has 130 valence electrons. The lowest BCUT2D eigenvalue weighted by molar-refractivity contribution is -0.162. The summed E-state index contributed by atoms with van der Waals surface area (Å²) in [6.45, 7) is 6.48. The molecule has 0 aromatic heterocycles. The summed E-state index contributed by atoms with van der Waals surface area (Å²) in [6.07, 6.45) is 9.68. The van der Waals surface area contributed by atoms with E-state index in [1.54, 1.807) is 0 Å². The first-order valence-corrected chi connectivity index (χ1v) is 9.93. The molecule has 2 unspecified atom stereocenters. The first kappa shape index (κ1) is 15.2. The van der Waals surface area contributed by atoms with Crippen molar-refractivity contribution < 1.29 is 14.6 Å². The van der Waals surface area contributed by atoms with Gasteiger partial charge in [0.05, 0.1) is 19.3 Å². The summed E-state index contributed by atoms with van der Waals surface area (Å²) >= 11 is 0. The van der Waals surface area contributed by atoms with Crippen molar-refractivity contribution in [2.45, 2.75) is 77.1 Å². The molecule has 5 aliphatic rings. The first-order chi connectivity index (χ1) is 11.0. The van der Waals surface area contributed by atoms with Crippen LogP contribution in [0, 0.1) is 34.5 Å². The molecule has 5 rings (SSSR count). The summed E-state index contributed by atoms with van der Waals surface area (Å²) in [4.78, 5) is 0. The van der Waals surface area contributed by atoms with E-state index in [2.05, 4.69) is 13.8 Å². The van der Waals surface area contributed by atoms with Gasteiger partial charge < -0.3 is 14.6 Å². The Morgan fingerprint density at radius 3 is 2.39 bits per heavy atom. The molecule has 0 radical (unpaired) electrons. The third kappa shape index (κ3) is 1.88. The van der Waals surface area contributed by atoms with Crippen molar-refractivity contribution in [2.75, 3.05) is 13.2 Å². The molecule has 3 heteroatoms. The van der Waals surface area contributed by atoms with E-state index in [0.29, 0.717) is 5.41 Å². The summed E-state index contributed by atoms with van der Waals surface area (Å²) in [7, 11) is 0. The van der Waals surface area contributed by atoms with Crippen molar-refractivity contribution in [3.05, 3.63) is 0 Å². The number of rotatable bonds is 0. The van der Waals surface area contributed by atoms with Gasteiger partial charge in [-0.05, 0) is 73.0 Å². The molecule has 0 aromatic carbocycles. The zero-order valence-corrected chi connectivity index (χ0v) is 14.7. The number of aliphatic hydroxyl groups excluding tert-OH is 1. The van der Waals surface area contributed by atoms with Gasteiger partial charge in [-0.3, -0.25) is 0 Å². The summed E-state index contributed by atoms with van der Waals surface area (Å²) in [5.41, 5.74) is 0.586. The smallest absolute Gasteiger partial charge is 0.169 e. The second kappa shape index (κ2) is 4.74. The predicted molar refractivity (Wildman–Crippen MR) is 87.8 cm³/mol. The van der Waals surface area contributed by atoms with Crippen LogP contribution >= 0.6 is 0 Å². The monoisotopic (exact) mass is 320 g/mol. The standard InChI is InChI=1S/C20H32O3/c1-18-8-7-16-14(15(18)5-6-17(18)21)4-3-13-11-20(12-19(13,16)2)22-9-10-23-20/h13-17,21H,3-12H2,1-2H3/t13?,14-,15-,16-,17?,18-,19-/m0/s1. The van der Waals surface area contributed by atoms with Gasteiger partial charge in [-0.25, -0.2) is 0 Å². The van der Waals surface area contributed by atoms with Crippen LogP contribution in [0.5, 0.6) is 0 Å². The van der Waals surface area contributed by atoms with Crippen LogP contribution in [0.1, 0.15) is 65.2 Å². The fourth-order valence-electron chi connectivity index (χ4n) is 7.86. The maximum absolute atomic E-state index is 10.6. The van der Waals surface area contributed by atoms with Gasteiger partial charge in [0.25, 0.3) is 0 Å². The molecule has 5 fully saturated rings. The van der Waals surface area contributed by atoms with Crippen molar-refractivity contribution in [2.24, 2.45) is 34.5 Å². The van der Waals surface area contributed by atoms with Crippen molar-refractivity contribution in [3.8, 4) is 0 Å². The van der Waals surface area contributed by atoms with Gasteiger partial charge in [0, 0.05) is 12.8 Å². The van der Waals surface area contributed by atoms with Crippen LogP contribution in [0.2, 0.25) is 0 Å². The fraction of sp³-hybridized carbons (Fsp3) is 1.00. The van der Waals surface area contributed by atoms with Crippen LogP contribution in [0.15, 0.2) is 0 Å². The topological polar surface area (TPSA) is 38.7 Å². The van der Waals surface area contributed by atoms with Gasteiger partial charge in [0.2, 0.25) is 0 Å². The van der Waals surface area contributed by atoms with Gasteiger partial charge in [-0.1, -0.05) is 13.8 Å². The van der Waals surface area contributed by atoms with Gasteiger partial charge in [0.15, 0.2) is 5.79 Å². The van der Waals surface area contributed by atoms with Gasteiger partial charge in [-0.2, -0.15) is 0 Å². The largest absolute Gasteiger partial charge is 0.393 e. The lowest BCUT2D eigenvalue weighted by atomic mass is 9.48. The zero-order chi connectivity index (χ0) is 15.9. The van der Waals surface area contributed by atoms with Crippen LogP contribution < -0.4 is 0 Å². The molecule has 1 spiro atoms. The summed E-state index contributed by atoms with van der Waals surface area (Å²) in [5, 5.41) is 10.6. The average molecular weight is 320 g/mol. The quantitative estimate of drug-likeness (QED) is 0.739. The Morgan fingerprint density at radius 2 is 1.61 bits per heavy atom. The normalized spacial score (nSPS) is 57.3. The van der Waals surface area contributed by atoms with Crippen molar-refractivity contribution in [1.29, 1.82) is 0 Å². The highest BCUT2D eigenvalue weighted by atomic mass is 16.7. The average Bonchev–Trinajstić information content (AvgIpc) is 3.16. The molecule has 4 aliphatic carbocycles. The van der Waals surface area contributed by atoms with E-state index in [4.69, 9.17) is 9.47 Å². The lowest BCUT2D eigenvalue weighted by Gasteiger charge is -2.57. The minimum atomic E-state index is -0.246. The highest BCUT2D eigenvalue weighted by Gasteiger charge is 2.64. The molecule has 1 saturated heterocycles. The van der Waals surface area contributed by atoms with Crippen molar-refractivity contribution in [3.63, 3.8) is 0 Å². The van der Waals surface area contributed by atoms with E-state index in [1.807, 2.05) is 0 Å². The Balaban J connectivity index is 1.46. The predicted octanol–water partition coefficient (Wildman–Crippen LogP) is 3.74. The lowest BCUT2D eigenvalue weighted by Crippen LogP contribution is -2.51. The highest BCUT2D eigenvalue weighted by molar-refractivity contribution is 5.12. The minimum absolute atomic E-state index is 0.0598. The molecule has 23 heavy (non-hydrogen) atoms. The Labute approximate surface area is 140 Å². The van der Waals surface area contributed by atoms with Crippen LogP contribution in [0.4, 0.5) is 0 Å². The van der Waals surface area contributed by atoms with Crippen LogP contribution in [-0.2, 0) is 9.47 Å². The minimum Gasteiger partial charge on any atom is -0.393 e. The van der Waals surface area contributed by atoms with E-state index in [-0.39, 0.29) is 17.3 Å². The zero-order valence-electron chi connectivity index (χ0n) is 14.7. The SMILES string of the molecule is C[C@]12CC3(CC1CC[C@@H]1[C@@H]2CC[C@]2(C)C(O)CC[C@@H]12)OCCO3. The van der Waals surface area contributed by atoms with Crippen LogP contribution in [0.3, 0.4) is 0 Å². The third-order valence-corrected chi connectivity index (χ3v) is 9.04. The first-order valence-electron chi connectivity index (χ1n) is 9.93. The maximum Gasteiger partial charge on any atom is 0.169 e. The summed E-state index contributed by atoms with van der Waals surface area (Å²) in [5.74, 6) is 2.92. The highest BCUT2D eigenvalue weighted by Crippen LogP contribution is 2.68. The third-order valence-electron chi connectivity index (χ3n) is 9.04. The van der Waals surface area contributed by atoms with E-state index in [1.165, 1.54) is 32.1 Å². The molecule has 1 heterocycles. The maximum atomic E-state index is 10.6. The fourth-order valence-corrected chi connectivity index (χ4v) is 7.86. The number of hydrogen-bond donors (Lipinski definition) is 1. The Hall–Kier alpha value is -0.120. The Bertz CT molecular complexity index is 499. The second-order valence-electron chi connectivity index (χ2n) is 9.78. The molecule has 1 aliphatic heterocycles. The Morgan fingerprint density at radius 1 is 0.870 bits per heavy atom. The molecule has 0 aromatic rings. The second-order valence-corrected chi connectivity index (χ2v) is 9.78. The molecule has 0 amide bonds. The Kier molecular flexibility index (Phi) is 3.12. The van der Waals surface area contributed by atoms with Crippen LogP contribution in [-0.4, -0.2) is 30.2 Å². The molecule has 1 N–H and O–H groups in total. The number of hydrogen-bond acceptors (Lipinski definition) is 3.